The first-order valence-electron chi connectivity index (χ1n) is 8.40. The fourth-order valence-electron chi connectivity index (χ4n) is 2.50. The van der Waals surface area contributed by atoms with Crippen LogP contribution in [0.1, 0.15) is 42.7 Å². The molecule has 6 heteroatoms. The lowest BCUT2D eigenvalue weighted by atomic mass is 10.0. The number of benzene rings is 2. The summed E-state index contributed by atoms with van der Waals surface area (Å²) in [5.74, 6) is -1.07. The van der Waals surface area contributed by atoms with Crippen molar-refractivity contribution in [1.29, 1.82) is 0 Å². The van der Waals surface area contributed by atoms with Gasteiger partial charge in [-0.3, -0.25) is 9.59 Å². The van der Waals surface area contributed by atoms with Gasteiger partial charge in [-0.05, 0) is 54.8 Å². The minimum Gasteiger partial charge on any atom is -0.348 e. The third kappa shape index (κ3) is 5.30. The lowest BCUT2D eigenvalue weighted by Crippen LogP contribution is -2.50. The first-order chi connectivity index (χ1) is 12.3. The first kappa shape index (κ1) is 19.9. The number of nitrogens with one attached hydrogen (secondary N) is 2. The van der Waals surface area contributed by atoms with Crippen molar-refractivity contribution in [2.45, 2.75) is 32.9 Å². The third-order valence-corrected chi connectivity index (χ3v) is 4.32. The Morgan fingerprint density at radius 2 is 1.50 bits per heavy atom. The van der Waals surface area contributed by atoms with E-state index in [0.29, 0.717) is 10.6 Å². The second-order valence-electron chi connectivity index (χ2n) is 6.48. The van der Waals surface area contributed by atoms with Gasteiger partial charge in [0.05, 0.1) is 6.04 Å². The number of hydrogen-bond acceptors (Lipinski definition) is 2. The molecular weight excluding hydrogens is 355 g/mol. The van der Waals surface area contributed by atoms with Crippen LogP contribution >= 0.6 is 11.6 Å². The zero-order valence-corrected chi connectivity index (χ0v) is 15.7. The molecule has 2 rings (SSSR count). The van der Waals surface area contributed by atoms with E-state index in [0.717, 1.165) is 5.56 Å². The fourth-order valence-corrected chi connectivity index (χ4v) is 2.62. The molecule has 1 unspecified atom stereocenters. The molecule has 0 aliphatic heterocycles. The van der Waals surface area contributed by atoms with Crippen LogP contribution in [0, 0.1) is 11.7 Å². The third-order valence-electron chi connectivity index (χ3n) is 4.07. The van der Waals surface area contributed by atoms with Gasteiger partial charge in [-0.2, -0.15) is 0 Å². The highest BCUT2D eigenvalue weighted by Crippen LogP contribution is 2.15. The van der Waals surface area contributed by atoms with Gasteiger partial charge in [-0.15, -0.1) is 0 Å². The van der Waals surface area contributed by atoms with E-state index >= 15 is 0 Å². The van der Waals surface area contributed by atoms with Gasteiger partial charge in [0.2, 0.25) is 5.91 Å². The maximum atomic E-state index is 13.0. The van der Waals surface area contributed by atoms with Crippen molar-refractivity contribution in [3.05, 3.63) is 70.5 Å². The molecule has 4 nitrogen and oxygen atoms in total. The van der Waals surface area contributed by atoms with Gasteiger partial charge < -0.3 is 10.6 Å². The number of hydrogen-bond donors (Lipinski definition) is 2. The van der Waals surface area contributed by atoms with Crippen LogP contribution in [-0.2, 0) is 4.79 Å². The summed E-state index contributed by atoms with van der Waals surface area (Å²) in [5.41, 5.74) is 1.21. The van der Waals surface area contributed by atoms with Crippen molar-refractivity contribution in [2.75, 3.05) is 0 Å². The van der Waals surface area contributed by atoms with Crippen molar-refractivity contribution in [3.63, 3.8) is 0 Å². The lowest BCUT2D eigenvalue weighted by Gasteiger charge is -2.24. The van der Waals surface area contributed by atoms with Crippen LogP contribution < -0.4 is 10.6 Å². The average molecular weight is 377 g/mol. The van der Waals surface area contributed by atoms with Crippen LogP contribution in [-0.4, -0.2) is 17.9 Å². The molecule has 138 valence electrons. The van der Waals surface area contributed by atoms with Gasteiger partial charge in [-0.1, -0.05) is 37.6 Å². The predicted octanol–water partition coefficient (Wildman–Crippen LogP) is 4.11. The summed E-state index contributed by atoms with van der Waals surface area (Å²) >= 11 is 5.83. The molecule has 0 heterocycles. The molecule has 2 N–H and O–H groups in total. The minimum atomic E-state index is -0.693. The van der Waals surface area contributed by atoms with Gasteiger partial charge >= 0.3 is 0 Å². The average Bonchev–Trinajstić information content (AvgIpc) is 2.60. The maximum Gasteiger partial charge on any atom is 0.251 e. The highest BCUT2D eigenvalue weighted by molar-refractivity contribution is 6.30. The van der Waals surface area contributed by atoms with Crippen LogP contribution in [0.3, 0.4) is 0 Å². The molecule has 0 aliphatic carbocycles. The molecule has 26 heavy (non-hydrogen) atoms. The van der Waals surface area contributed by atoms with E-state index in [1.165, 1.54) is 12.1 Å². The lowest BCUT2D eigenvalue weighted by molar-refractivity contribution is -0.124. The number of amides is 2. The molecule has 2 aromatic rings. The Morgan fingerprint density at radius 1 is 0.923 bits per heavy atom. The Balaban J connectivity index is 2.05. The van der Waals surface area contributed by atoms with E-state index in [1.54, 1.807) is 36.4 Å². The van der Waals surface area contributed by atoms with Crippen LogP contribution in [0.15, 0.2) is 48.5 Å². The summed E-state index contributed by atoms with van der Waals surface area (Å²) in [6, 6.07) is 11.4. The SMILES string of the molecule is CC(NC(=O)[C@@H](NC(=O)c1ccc(Cl)cc1)C(C)C)c1ccc(F)cc1. The monoisotopic (exact) mass is 376 g/mol. The standard InChI is InChI=1S/C20H22ClFN2O2/c1-12(2)18(24-19(25)15-4-8-16(21)9-5-15)20(26)23-13(3)14-6-10-17(22)11-7-14/h4-13,18H,1-3H3,(H,23,26)(H,24,25)/t13?,18-/m0/s1. The van der Waals surface area contributed by atoms with Crippen molar-refractivity contribution in [3.8, 4) is 0 Å². The molecule has 0 spiro atoms. The summed E-state index contributed by atoms with van der Waals surface area (Å²) < 4.78 is 13.0. The normalized spacial score (nSPS) is 13.2. The largest absolute Gasteiger partial charge is 0.348 e. The predicted molar refractivity (Wildman–Crippen MR) is 101 cm³/mol. The Morgan fingerprint density at radius 3 is 2.04 bits per heavy atom. The molecule has 0 aliphatic rings. The summed E-state index contributed by atoms with van der Waals surface area (Å²) in [5, 5.41) is 6.16. The topological polar surface area (TPSA) is 58.2 Å². The molecule has 2 aromatic carbocycles. The first-order valence-corrected chi connectivity index (χ1v) is 8.78. The van der Waals surface area contributed by atoms with Crippen LogP contribution in [0.25, 0.3) is 0 Å². The molecule has 0 saturated carbocycles. The minimum absolute atomic E-state index is 0.105. The van der Waals surface area contributed by atoms with E-state index in [-0.39, 0.29) is 29.6 Å². The van der Waals surface area contributed by atoms with E-state index in [1.807, 2.05) is 20.8 Å². The van der Waals surface area contributed by atoms with E-state index in [4.69, 9.17) is 11.6 Å². The second kappa shape index (κ2) is 8.81. The van der Waals surface area contributed by atoms with E-state index in [9.17, 15) is 14.0 Å². The number of carbonyl (C=O) groups excluding carboxylic acids is 2. The quantitative estimate of drug-likeness (QED) is 0.797. The van der Waals surface area contributed by atoms with Crippen LogP contribution in [0.4, 0.5) is 4.39 Å². The summed E-state index contributed by atoms with van der Waals surface area (Å²) in [4.78, 5) is 25.0. The van der Waals surface area contributed by atoms with Crippen LogP contribution in [0.2, 0.25) is 5.02 Å². The Labute approximate surface area is 157 Å². The Hall–Kier alpha value is -2.40. The highest BCUT2D eigenvalue weighted by Gasteiger charge is 2.26. The number of halogens is 2. The molecule has 0 saturated heterocycles. The maximum absolute atomic E-state index is 13.0. The van der Waals surface area contributed by atoms with Crippen molar-refractivity contribution >= 4 is 23.4 Å². The van der Waals surface area contributed by atoms with Gasteiger partial charge in [0.1, 0.15) is 11.9 Å². The van der Waals surface area contributed by atoms with Gasteiger partial charge in [0.25, 0.3) is 5.91 Å². The molecule has 0 fully saturated rings. The zero-order chi connectivity index (χ0) is 19.3. The van der Waals surface area contributed by atoms with Crippen molar-refractivity contribution < 1.29 is 14.0 Å². The highest BCUT2D eigenvalue weighted by atomic mass is 35.5. The molecule has 0 radical (unpaired) electrons. The number of carbonyl (C=O) groups is 2. The van der Waals surface area contributed by atoms with Gasteiger partial charge in [0, 0.05) is 10.6 Å². The Kier molecular flexibility index (Phi) is 6.75. The molecular formula is C20H22ClFN2O2. The molecule has 0 bridgehead atoms. The van der Waals surface area contributed by atoms with Gasteiger partial charge in [-0.25, -0.2) is 4.39 Å². The van der Waals surface area contributed by atoms with Crippen molar-refractivity contribution in [2.24, 2.45) is 5.92 Å². The van der Waals surface area contributed by atoms with E-state index in [2.05, 4.69) is 10.6 Å². The fraction of sp³-hybridized carbons (Fsp3) is 0.300. The molecule has 0 aromatic heterocycles. The second-order valence-corrected chi connectivity index (χ2v) is 6.92. The Bertz CT molecular complexity index is 760. The zero-order valence-electron chi connectivity index (χ0n) is 14.9. The van der Waals surface area contributed by atoms with Gasteiger partial charge in [0.15, 0.2) is 0 Å². The molecule has 2 amide bonds. The summed E-state index contributed by atoms with van der Waals surface area (Å²) in [7, 11) is 0. The van der Waals surface area contributed by atoms with E-state index < -0.39 is 6.04 Å². The smallest absolute Gasteiger partial charge is 0.251 e. The number of rotatable bonds is 6. The van der Waals surface area contributed by atoms with Crippen molar-refractivity contribution in [1.82, 2.24) is 10.6 Å². The summed E-state index contributed by atoms with van der Waals surface area (Å²) in [6.45, 7) is 5.52. The van der Waals surface area contributed by atoms with Crippen LogP contribution in [0.5, 0.6) is 0 Å². The molecule has 2 atom stereocenters. The summed E-state index contributed by atoms with van der Waals surface area (Å²) in [6.07, 6.45) is 0.